The van der Waals surface area contributed by atoms with Crippen molar-refractivity contribution in [3.05, 3.63) is 59.9 Å². The monoisotopic (exact) mass is 341 g/mol. The normalized spacial score (nSPS) is 20.1. The Bertz CT molecular complexity index is 689. The lowest BCUT2D eigenvalue weighted by atomic mass is 9.77. The number of carbonyl (C=O) groups is 1. The maximum Gasteiger partial charge on any atom is 0.224 e. The molecule has 0 aromatic heterocycles. The molecule has 0 atom stereocenters. The van der Waals surface area contributed by atoms with Crippen LogP contribution in [0.2, 0.25) is 0 Å². The Balaban J connectivity index is 1.46. The molecule has 0 saturated heterocycles. The summed E-state index contributed by atoms with van der Waals surface area (Å²) in [6.07, 6.45) is 4.88. The van der Waals surface area contributed by atoms with Gasteiger partial charge in [0.1, 0.15) is 11.6 Å². The van der Waals surface area contributed by atoms with Crippen LogP contribution in [0.5, 0.6) is 5.75 Å². The maximum atomic E-state index is 12.9. The van der Waals surface area contributed by atoms with Crippen molar-refractivity contribution >= 4 is 11.6 Å². The van der Waals surface area contributed by atoms with E-state index in [0.29, 0.717) is 23.9 Å². The molecule has 2 aromatic carbocycles. The predicted octanol–water partition coefficient (Wildman–Crippen LogP) is 5.14. The summed E-state index contributed by atoms with van der Waals surface area (Å²) in [5, 5.41) is 2.85. The summed E-state index contributed by atoms with van der Waals surface area (Å²) in [4.78, 5) is 12.2. The van der Waals surface area contributed by atoms with Crippen molar-refractivity contribution in [3.8, 4) is 5.75 Å². The molecule has 0 heterocycles. The van der Waals surface area contributed by atoms with Crippen molar-refractivity contribution in [3.63, 3.8) is 0 Å². The number of carbonyl (C=O) groups excluding carboxylic acids is 1. The molecule has 2 aromatic rings. The Hall–Kier alpha value is -2.36. The van der Waals surface area contributed by atoms with Gasteiger partial charge in [0, 0.05) is 12.1 Å². The third-order valence-corrected chi connectivity index (χ3v) is 5.04. The minimum atomic E-state index is -0.296. The largest absolute Gasteiger partial charge is 0.497 e. The van der Waals surface area contributed by atoms with Gasteiger partial charge >= 0.3 is 0 Å². The quantitative estimate of drug-likeness (QED) is 0.818. The number of rotatable bonds is 5. The molecule has 1 amide bonds. The Morgan fingerprint density at radius 2 is 1.68 bits per heavy atom. The molecule has 1 aliphatic rings. The van der Waals surface area contributed by atoms with Crippen LogP contribution in [0.15, 0.2) is 48.5 Å². The standard InChI is InChI=1S/C21H24FNO2/c1-25-20-12-6-17(7-13-20)16-4-2-15(3-5-16)14-21(24)23-19-10-8-18(22)9-11-19/h6-13,15-16H,2-5,14H2,1H3,(H,23,24)/t15-,16+. The number of halogens is 1. The summed E-state index contributed by atoms with van der Waals surface area (Å²) >= 11 is 0. The summed E-state index contributed by atoms with van der Waals surface area (Å²) in [6.45, 7) is 0. The summed E-state index contributed by atoms with van der Waals surface area (Å²) in [7, 11) is 1.68. The van der Waals surface area contributed by atoms with Gasteiger partial charge in [-0.25, -0.2) is 4.39 Å². The third-order valence-electron chi connectivity index (χ3n) is 5.04. The fraction of sp³-hybridized carbons (Fsp3) is 0.381. The molecule has 0 unspecified atom stereocenters. The van der Waals surface area contributed by atoms with Crippen LogP contribution in [0.25, 0.3) is 0 Å². The highest BCUT2D eigenvalue weighted by molar-refractivity contribution is 5.90. The smallest absolute Gasteiger partial charge is 0.224 e. The van der Waals surface area contributed by atoms with Crippen LogP contribution in [0, 0.1) is 11.7 Å². The highest BCUT2D eigenvalue weighted by atomic mass is 19.1. The molecule has 3 rings (SSSR count). The number of hydrogen-bond acceptors (Lipinski definition) is 2. The molecule has 1 saturated carbocycles. The van der Waals surface area contributed by atoms with E-state index >= 15 is 0 Å². The van der Waals surface area contributed by atoms with E-state index in [2.05, 4.69) is 17.4 Å². The summed E-state index contributed by atoms with van der Waals surface area (Å²) in [6, 6.07) is 14.2. The Morgan fingerprint density at radius 1 is 1.04 bits per heavy atom. The molecule has 3 nitrogen and oxygen atoms in total. The first-order valence-electron chi connectivity index (χ1n) is 8.83. The van der Waals surface area contributed by atoms with Crippen molar-refractivity contribution in [2.75, 3.05) is 12.4 Å². The third kappa shape index (κ3) is 4.81. The van der Waals surface area contributed by atoms with Crippen LogP contribution in [0.3, 0.4) is 0 Å². The zero-order chi connectivity index (χ0) is 17.6. The topological polar surface area (TPSA) is 38.3 Å². The molecule has 1 N–H and O–H groups in total. The van der Waals surface area contributed by atoms with Gasteiger partial charge in [-0.05, 0) is 79.5 Å². The van der Waals surface area contributed by atoms with Gasteiger partial charge in [-0.2, -0.15) is 0 Å². The van der Waals surface area contributed by atoms with Crippen LogP contribution in [-0.4, -0.2) is 13.0 Å². The minimum absolute atomic E-state index is 0.0134. The van der Waals surface area contributed by atoms with Crippen molar-refractivity contribution in [1.82, 2.24) is 0 Å². The second-order valence-electron chi connectivity index (χ2n) is 6.75. The zero-order valence-corrected chi connectivity index (χ0v) is 14.5. The highest BCUT2D eigenvalue weighted by Gasteiger charge is 2.24. The summed E-state index contributed by atoms with van der Waals surface area (Å²) < 4.78 is 18.1. The fourth-order valence-electron chi connectivity index (χ4n) is 3.58. The van der Waals surface area contributed by atoms with E-state index in [-0.39, 0.29) is 11.7 Å². The molecule has 1 aliphatic carbocycles. The average molecular weight is 341 g/mol. The lowest BCUT2D eigenvalue weighted by Gasteiger charge is -2.28. The van der Waals surface area contributed by atoms with Crippen LogP contribution >= 0.6 is 0 Å². The fourth-order valence-corrected chi connectivity index (χ4v) is 3.58. The number of amides is 1. The van der Waals surface area contributed by atoms with Crippen molar-refractivity contribution in [2.45, 2.75) is 38.0 Å². The van der Waals surface area contributed by atoms with Crippen LogP contribution in [0.1, 0.15) is 43.6 Å². The van der Waals surface area contributed by atoms with Crippen molar-refractivity contribution < 1.29 is 13.9 Å². The van der Waals surface area contributed by atoms with E-state index in [1.54, 1.807) is 19.2 Å². The Kier molecular flexibility index (Phi) is 5.69. The van der Waals surface area contributed by atoms with Gasteiger partial charge in [-0.15, -0.1) is 0 Å². The molecular weight excluding hydrogens is 317 g/mol. The number of methoxy groups -OCH3 is 1. The van der Waals surface area contributed by atoms with Crippen molar-refractivity contribution in [1.29, 1.82) is 0 Å². The summed E-state index contributed by atoms with van der Waals surface area (Å²) in [5.74, 6) is 1.60. The number of hydrogen-bond donors (Lipinski definition) is 1. The molecule has 0 aliphatic heterocycles. The lowest BCUT2D eigenvalue weighted by Crippen LogP contribution is -2.20. The van der Waals surface area contributed by atoms with Crippen molar-refractivity contribution in [2.24, 2.45) is 5.92 Å². The van der Waals surface area contributed by atoms with Crippen LogP contribution in [0.4, 0.5) is 10.1 Å². The van der Waals surface area contributed by atoms with Gasteiger partial charge in [0.25, 0.3) is 0 Å². The van der Waals surface area contributed by atoms with Gasteiger partial charge in [0.15, 0.2) is 0 Å². The number of anilines is 1. The summed E-state index contributed by atoms with van der Waals surface area (Å²) in [5.41, 5.74) is 2.01. The molecule has 1 fully saturated rings. The SMILES string of the molecule is COc1ccc([C@H]2CC[C@@H](CC(=O)Nc3ccc(F)cc3)CC2)cc1. The first-order valence-corrected chi connectivity index (χ1v) is 8.83. The Morgan fingerprint density at radius 3 is 2.28 bits per heavy atom. The first-order chi connectivity index (χ1) is 12.1. The van der Waals surface area contributed by atoms with Gasteiger partial charge in [0.05, 0.1) is 7.11 Å². The van der Waals surface area contributed by atoms with E-state index in [9.17, 15) is 9.18 Å². The first kappa shape index (κ1) is 17.5. The van der Waals surface area contributed by atoms with Gasteiger partial charge < -0.3 is 10.1 Å². The van der Waals surface area contributed by atoms with E-state index in [0.717, 1.165) is 31.4 Å². The highest BCUT2D eigenvalue weighted by Crippen LogP contribution is 2.37. The van der Waals surface area contributed by atoms with E-state index in [1.807, 2.05) is 12.1 Å². The second-order valence-corrected chi connectivity index (χ2v) is 6.75. The molecule has 132 valence electrons. The van der Waals surface area contributed by atoms with E-state index in [4.69, 9.17) is 4.74 Å². The molecule has 0 bridgehead atoms. The maximum absolute atomic E-state index is 12.9. The average Bonchev–Trinajstić information content (AvgIpc) is 2.64. The van der Waals surface area contributed by atoms with E-state index < -0.39 is 0 Å². The van der Waals surface area contributed by atoms with Gasteiger partial charge in [0.2, 0.25) is 5.91 Å². The molecule has 25 heavy (non-hydrogen) atoms. The number of nitrogens with one attached hydrogen (secondary N) is 1. The molecule has 4 heteroatoms. The lowest BCUT2D eigenvalue weighted by molar-refractivity contribution is -0.117. The molecule has 0 spiro atoms. The molecular formula is C21H24FNO2. The van der Waals surface area contributed by atoms with Gasteiger partial charge in [-0.3, -0.25) is 4.79 Å². The predicted molar refractivity (Wildman–Crippen MR) is 97.3 cm³/mol. The van der Waals surface area contributed by atoms with Gasteiger partial charge in [-0.1, -0.05) is 12.1 Å². The minimum Gasteiger partial charge on any atom is -0.497 e. The van der Waals surface area contributed by atoms with E-state index in [1.165, 1.54) is 17.7 Å². The van der Waals surface area contributed by atoms with Crippen LogP contribution in [-0.2, 0) is 4.79 Å². The molecule has 0 radical (unpaired) electrons. The second kappa shape index (κ2) is 8.15. The number of ether oxygens (including phenoxy) is 1. The van der Waals surface area contributed by atoms with Crippen LogP contribution < -0.4 is 10.1 Å². The Labute approximate surface area is 148 Å². The zero-order valence-electron chi connectivity index (χ0n) is 14.5. The number of benzene rings is 2.